The number of aromatic nitrogens is 1. The van der Waals surface area contributed by atoms with Crippen molar-refractivity contribution < 1.29 is 38.2 Å². The lowest BCUT2D eigenvalue weighted by Crippen LogP contribution is -2.60. The minimum absolute atomic E-state index is 0.0173. The van der Waals surface area contributed by atoms with Gasteiger partial charge in [0.15, 0.2) is 0 Å². The van der Waals surface area contributed by atoms with Crippen LogP contribution in [0.2, 0.25) is 0 Å². The summed E-state index contributed by atoms with van der Waals surface area (Å²) in [5.74, 6) is -2.34. The van der Waals surface area contributed by atoms with Crippen molar-refractivity contribution in [2.24, 2.45) is 23.7 Å². The number of benzene rings is 1. The van der Waals surface area contributed by atoms with Crippen molar-refractivity contribution >= 4 is 35.4 Å². The van der Waals surface area contributed by atoms with E-state index in [0.29, 0.717) is 38.2 Å². The third kappa shape index (κ3) is 13.7. The third-order valence-corrected chi connectivity index (χ3v) is 12.2. The highest BCUT2D eigenvalue weighted by molar-refractivity contribution is 5.90. The van der Waals surface area contributed by atoms with Crippen LogP contribution in [0.1, 0.15) is 85.3 Å². The van der Waals surface area contributed by atoms with Gasteiger partial charge < -0.3 is 40.4 Å². The number of ether oxygens (including phenoxy) is 3. The van der Waals surface area contributed by atoms with Gasteiger partial charge in [-0.15, -0.1) is 0 Å². The first kappa shape index (κ1) is 50.8. The van der Waals surface area contributed by atoms with Crippen LogP contribution in [-0.2, 0) is 51.1 Å². The zero-order valence-electron chi connectivity index (χ0n) is 38.6. The number of nitrogens with zero attached hydrogens (tertiary/aromatic N) is 4. The summed E-state index contributed by atoms with van der Waals surface area (Å²) < 4.78 is 17.0. The first-order valence-electron chi connectivity index (χ1n) is 21.6. The Hall–Kier alpha value is -4.60. The Kier molecular flexibility index (Phi) is 20.1. The van der Waals surface area contributed by atoms with E-state index in [2.05, 4.69) is 15.6 Å². The molecule has 0 bridgehead atoms. The highest BCUT2D eigenvalue weighted by Crippen LogP contribution is 2.30. The number of hydrogen-bond donors (Lipinski definition) is 3. The number of amides is 4. The number of nitrogen functional groups attached to an aromatic ring is 1. The fourth-order valence-corrected chi connectivity index (χ4v) is 8.76. The van der Waals surface area contributed by atoms with Crippen molar-refractivity contribution in [2.75, 3.05) is 47.7 Å². The maximum absolute atomic E-state index is 14.5. The van der Waals surface area contributed by atoms with Crippen molar-refractivity contribution in [1.82, 2.24) is 30.3 Å². The lowest BCUT2D eigenvalue weighted by atomic mass is 9.89. The molecule has 2 aromatic rings. The van der Waals surface area contributed by atoms with Crippen LogP contribution in [0.25, 0.3) is 0 Å². The molecule has 0 saturated carbocycles. The fourth-order valence-electron chi connectivity index (χ4n) is 8.76. The summed E-state index contributed by atoms with van der Waals surface area (Å²) in [6, 6.07) is 9.82. The molecule has 9 atom stereocenters. The van der Waals surface area contributed by atoms with Gasteiger partial charge in [0, 0.05) is 47.0 Å². The summed E-state index contributed by atoms with van der Waals surface area (Å²) in [6.07, 6.45) is 2.58. The molecule has 1 aliphatic rings. The van der Waals surface area contributed by atoms with Crippen LogP contribution in [0.3, 0.4) is 0 Å². The van der Waals surface area contributed by atoms with E-state index < -0.39 is 54.3 Å². The van der Waals surface area contributed by atoms with Crippen LogP contribution < -0.4 is 16.4 Å². The predicted octanol–water partition coefficient (Wildman–Crippen LogP) is 4.08. The second kappa shape index (κ2) is 24.1. The van der Waals surface area contributed by atoms with E-state index in [9.17, 15) is 24.0 Å². The Morgan fingerprint density at radius 2 is 1.57 bits per heavy atom. The first-order valence-corrected chi connectivity index (χ1v) is 21.6. The Morgan fingerprint density at radius 1 is 0.902 bits per heavy atom. The molecule has 3 rings (SSSR count). The lowest BCUT2D eigenvalue weighted by molar-refractivity contribution is -0.149. The molecular weight excluding hydrogens is 779 g/mol. The molecule has 0 spiro atoms. The number of methoxy groups -OCH3 is 3. The minimum Gasteiger partial charge on any atom is -0.467 e. The summed E-state index contributed by atoms with van der Waals surface area (Å²) in [6.45, 7) is 14.5. The highest BCUT2D eigenvalue weighted by atomic mass is 16.5. The molecule has 1 saturated heterocycles. The van der Waals surface area contributed by atoms with Crippen LogP contribution in [0.4, 0.5) is 5.82 Å². The molecule has 2 heterocycles. The number of carbonyl (C=O) groups excluding carboxylic acids is 5. The number of nitrogens with one attached hydrogen (secondary N) is 2. The van der Waals surface area contributed by atoms with Gasteiger partial charge in [-0.3, -0.25) is 24.1 Å². The SMILES string of the molecule is CC[C@H](C)C([C@@H](CC(=O)N1CCC[C@H]1[C@H](OC)[C@@H](C)C(=O)N[C@@H](Cc1ccccc1)C(=O)OC)OC)N(C)C(=O)[C@@H](NC(=O)C(C(C)C)N(C)Cc1ccnc(N)c1)C(C)C. The van der Waals surface area contributed by atoms with Crippen molar-refractivity contribution in [3.05, 3.63) is 59.8 Å². The largest absolute Gasteiger partial charge is 0.467 e. The number of pyridine rings is 1. The zero-order chi connectivity index (χ0) is 45.6. The van der Waals surface area contributed by atoms with Gasteiger partial charge in [-0.25, -0.2) is 9.78 Å². The quantitative estimate of drug-likeness (QED) is 0.137. The summed E-state index contributed by atoms with van der Waals surface area (Å²) in [4.78, 5) is 78.8. The van der Waals surface area contributed by atoms with E-state index >= 15 is 0 Å². The van der Waals surface area contributed by atoms with E-state index in [1.54, 1.807) is 43.1 Å². The maximum Gasteiger partial charge on any atom is 0.328 e. The van der Waals surface area contributed by atoms with Crippen molar-refractivity contribution in [2.45, 2.75) is 130 Å². The van der Waals surface area contributed by atoms with E-state index in [-0.39, 0.29) is 54.2 Å². The Morgan fingerprint density at radius 3 is 2.13 bits per heavy atom. The van der Waals surface area contributed by atoms with E-state index in [1.165, 1.54) is 14.2 Å². The van der Waals surface area contributed by atoms with Gasteiger partial charge in [0.05, 0.1) is 49.8 Å². The van der Waals surface area contributed by atoms with Gasteiger partial charge in [0.25, 0.3) is 0 Å². The second-order valence-corrected chi connectivity index (χ2v) is 17.3. The molecule has 0 radical (unpaired) electrons. The Balaban J connectivity index is 1.79. The summed E-state index contributed by atoms with van der Waals surface area (Å²) in [5, 5.41) is 5.96. The third-order valence-electron chi connectivity index (χ3n) is 12.2. The molecule has 1 aliphatic heterocycles. The standard InChI is InChI=1S/C46H73N7O8/c1-13-30(6)41(52(9)45(57)39(28(2)3)50-44(56)40(29(4)5)51(8)27-33-21-22-48-37(47)25-33)36(59-10)26-38(54)53-23-17-20-35(53)42(60-11)31(7)43(55)49-34(46(58)61-12)24-32-18-15-14-16-19-32/h14-16,18-19,21-22,25,28-31,34-36,39-42H,13,17,20,23-24,26-27H2,1-12H3,(H2,47,48)(H,49,55)(H,50,56)/t30-,31+,34-,35-,36+,39-,40?,41?,42+/m0/s1. The van der Waals surface area contributed by atoms with Gasteiger partial charge >= 0.3 is 5.97 Å². The lowest BCUT2D eigenvalue weighted by Gasteiger charge is -2.41. The van der Waals surface area contributed by atoms with E-state index in [0.717, 1.165) is 11.1 Å². The van der Waals surface area contributed by atoms with Crippen LogP contribution in [0, 0.1) is 23.7 Å². The number of esters is 1. The zero-order valence-corrected chi connectivity index (χ0v) is 38.6. The van der Waals surface area contributed by atoms with Crippen LogP contribution >= 0.6 is 0 Å². The summed E-state index contributed by atoms with van der Waals surface area (Å²) in [5.41, 5.74) is 7.70. The molecule has 4 N–H and O–H groups in total. The fraction of sp³-hybridized carbons (Fsp3) is 0.652. The average Bonchev–Trinajstić information content (AvgIpc) is 3.71. The molecule has 340 valence electrons. The van der Waals surface area contributed by atoms with Gasteiger partial charge in [0.2, 0.25) is 23.6 Å². The summed E-state index contributed by atoms with van der Waals surface area (Å²) >= 11 is 0. The van der Waals surface area contributed by atoms with Crippen LogP contribution in [0.15, 0.2) is 48.7 Å². The molecule has 15 heteroatoms. The molecule has 1 aromatic heterocycles. The number of hydrogen-bond acceptors (Lipinski definition) is 11. The topological polar surface area (TPSA) is 186 Å². The van der Waals surface area contributed by atoms with Gasteiger partial charge in [-0.1, -0.05) is 85.2 Å². The Labute approximate surface area is 363 Å². The number of anilines is 1. The molecule has 61 heavy (non-hydrogen) atoms. The highest BCUT2D eigenvalue weighted by Gasteiger charge is 2.43. The molecular formula is C46H73N7O8. The smallest absolute Gasteiger partial charge is 0.328 e. The number of likely N-dealkylation sites (tertiary alicyclic amines) is 1. The monoisotopic (exact) mass is 852 g/mol. The Bertz CT molecular complexity index is 1730. The van der Waals surface area contributed by atoms with Gasteiger partial charge in [-0.2, -0.15) is 0 Å². The van der Waals surface area contributed by atoms with Crippen LogP contribution in [-0.4, -0.2) is 134 Å². The molecule has 15 nitrogen and oxygen atoms in total. The predicted molar refractivity (Wildman–Crippen MR) is 236 cm³/mol. The van der Waals surface area contributed by atoms with E-state index in [1.807, 2.05) is 89.9 Å². The number of nitrogens with two attached hydrogens (primary N) is 1. The molecule has 1 aromatic carbocycles. The average molecular weight is 852 g/mol. The molecule has 2 unspecified atom stereocenters. The molecule has 0 aliphatic carbocycles. The number of carbonyl (C=O) groups is 5. The maximum atomic E-state index is 14.5. The summed E-state index contributed by atoms with van der Waals surface area (Å²) in [7, 11) is 7.95. The number of rotatable bonds is 23. The van der Waals surface area contributed by atoms with Gasteiger partial charge in [0.1, 0.15) is 17.9 Å². The second-order valence-electron chi connectivity index (χ2n) is 17.3. The molecule has 1 fully saturated rings. The van der Waals surface area contributed by atoms with Crippen LogP contribution in [0.5, 0.6) is 0 Å². The van der Waals surface area contributed by atoms with Crippen molar-refractivity contribution in [1.29, 1.82) is 0 Å². The van der Waals surface area contributed by atoms with E-state index in [4.69, 9.17) is 19.9 Å². The van der Waals surface area contributed by atoms with Crippen molar-refractivity contribution in [3.63, 3.8) is 0 Å². The van der Waals surface area contributed by atoms with Gasteiger partial charge in [-0.05, 0) is 60.9 Å². The van der Waals surface area contributed by atoms with Crippen molar-refractivity contribution in [3.8, 4) is 0 Å². The normalized spacial score (nSPS) is 18.1. The molecule has 4 amide bonds. The number of likely N-dealkylation sites (N-methyl/N-ethyl adjacent to an activating group) is 2. The first-order chi connectivity index (χ1) is 28.9. The minimum atomic E-state index is -0.902.